The van der Waals surface area contributed by atoms with Gasteiger partial charge in [-0.1, -0.05) is 60.1 Å². The zero-order valence-electron chi connectivity index (χ0n) is 16.8. The first-order valence-corrected chi connectivity index (χ1v) is 10.3. The molecule has 0 fully saturated rings. The van der Waals surface area contributed by atoms with Gasteiger partial charge in [0.1, 0.15) is 22.6 Å². The second-order valence-corrected chi connectivity index (χ2v) is 7.44. The first-order chi connectivity index (χ1) is 15.7. The third-order valence-electron chi connectivity index (χ3n) is 4.80. The van der Waals surface area contributed by atoms with Crippen molar-refractivity contribution in [1.29, 1.82) is 0 Å². The minimum atomic E-state index is -0.334. The molecule has 2 aromatic heterocycles. The number of furan rings is 1. The van der Waals surface area contributed by atoms with Gasteiger partial charge in [0.2, 0.25) is 5.91 Å². The number of amides is 1. The summed E-state index contributed by atoms with van der Waals surface area (Å²) in [6.07, 6.45) is 3.01. The van der Waals surface area contributed by atoms with E-state index in [0.29, 0.717) is 27.5 Å². The molecule has 5 aromatic rings. The third-order valence-corrected chi connectivity index (χ3v) is 5.11. The molecule has 0 spiro atoms. The van der Waals surface area contributed by atoms with E-state index < -0.39 is 0 Å². The Morgan fingerprint density at radius 2 is 1.59 bits per heavy atom. The highest BCUT2D eigenvalue weighted by molar-refractivity contribution is 6.34. The summed E-state index contributed by atoms with van der Waals surface area (Å²) < 4.78 is 5.78. The smallest absolute Gasteiger partial charge is 0.248 e. The molecule has 0 radical (unpaired) electrons. The lowest BCUT2D eigenvalue weighted by Crippen LogP contribution is -2.08. The fourth-order valence-electron chi connectivity index (χ4n) is 3.24. The van der Waals surface area contributed by atoms with Crippen molar-refractivity contribution in [2.24, 2.45) is 0 Å². The summed E-state index contributed by atoms with van der Waals surface area (Å²) in [7, 11) is 0. The Kier molecular flexibility index (Phi) is 5.27. The van der Waals surface area contributed by atoms with Gasteiger partial charge in [-0.2, -0.15) is 4.80 Å². The molecule has 1 amide bonds. The number of hydrogen-bond acceptors (Lipinski definition) is 4. The van der Waals surface area contributed by atoms with Gasteiger partial charge in [-0.3, -0.25) is 4.79 Å². The molecule has 0 saturated carbocycles. The van der Waals surface area contributed by atoms with Gasteiger partial charge < -0.3 is 9.73 Å². The zero-order valence-corrected chi connectivity index (χ0v) is 17.5. The summed E-state index contributed by atoms with van der Waals surface area (Å²) in [4.78, 5) is 14.0. The number of hydrogen-bond donors (Lipinski definition) is 1. The Labute approximate surface area is 188 Å². The molecule has 0 bridgehead atoms. The highest BCUT2D eigenvalue weighted by atomic mass is 35.5. The molecule has 0 atom stereocenters. The van der Waals surface area contributed by atoms with Crippen molar-refractivity contribution < 1.29 is 9.21 Å². The fourth-order valence-corrected chi connectivity index (χ4v) is 3.45. The van der Waals surface area contributed by atoms with E-state index >= 15 is 0 Å². The first kappa shape index (κ1) is 19.8. The second-order valence-electron chi connectivity index (χ2n) is 7.04. The van der Waals surface area contributed by atoms with E-state index in [2.05, 4.69) is 15.5 Å². The van der Waals surface area contributed by atoms with Crippen LogP contribution in [0.1, 0.15) is 5.76 Å². The van der Waals surface area contributed by atoms with Crippen LogP contribution in [0.5, 0.6) is 0 Å². The van der Waals surface area contributed by atoms with Gasteiger partial charge in [0.25, 0.3) is 0 Å². The minimum Gasteiger partial charge on any atom is -0.457 e. The molecule has 1 N–H and O–H groups in total. The standard InChI is InChI=1S/C25H17ClN4O2/c26-20-15-22-23(29-30(28-22)18-9-5-2-6-10-18)16-21(20)27-25(31)14-12-19-11-13-24(32-19)17-7-3-1-4-8-17/h1-16H,(H,27,31)/b14-12+. The summed E-state index contributed by atoms with van der Waals surface area (Å²) in [5.41, 5.74) is 3.52. The molecule has 0 aliphatic heterocycles. The topological polar surface area (TPSA) is 73.0 Å². The van der Waals surface area contributed by atoms with Crippen LogP contribution in [-0.4, -0.2) is 20.9 Å². The van der Waals surface area contributed by atoms with Crippen molar-refractivity contribution in [3.8, 4) is 17.0 Å². The predicted octanol–water partition coefficient (Wildman–Crippen LogP) is 5.99. The van der Waals surface area contributed by atoms with Crippen LogP contribution in [0.4, 0.5) is 5.69 Å². The number of nitrogens with zero attached hydrogens (tertiary/aromatic N) is 3. The Bertz CT molecular complexity index is 1420. The number of benzene rings is 3. The van der Waals surface area contributed by atoms with E-state index in [4.69, 9.17) is 16.0 Å². The molecular formula is C25H17ClN4O2. The number of rotatable bonds is 5. The van der Waals surface area contributed by atoms with E-state index in [1.54, 1.807) is 18.2 Å². The molecule has 7 heteroatoms. The van der Waals surface area contributed by atoms with Gasteiger partial charge in [0, 0.05) is 11.6 Å². The van der Waals surface area contributed by atoms with Crippen molar-refractivity contribution in [3.05, 3.63) is 102 Å². The van der Waals surface area contributed by atoms with E-state index in [0.717, 1.165) is 17.0 Å². The maximum atomic E-state index is 12.4. The molecule has 156 valence electrons. The molecule has 0 unspecified atom stereocenters. The summed E-state index contributed by atoms with van der Waals surface area (Å²) >= 11 is 6.36. The summed E-state index contributed by atoms with van der Waals surface area (Å²) in [5, 5.41) is 12.1. The fraction of sp³-hybridized carbons (Fsp3) is 0. The first-order valence-electron chi connectivity index (χ1n) is 9.92. The van der Waals surface area contributed by atoms with Crippen LogP contribution in [0.15, 0.2) is 95.4 Å². The van der Waals surface area contributed by atoms with E-state index in [1.165, 1.54) is 10.9 Å². The third kappa shape index (κ3) is 4.17. The quantitative estimate of drug-likeness (QED) is 0.341. The monoisotopic (exact) mass is 440 g/mol. The lowest BCUT2D eigenvalue weighted by atomic mass is 10.2. The van der Waals surface area contributed by atoms with Crippen molar-refractivity contribution in [2.45, 2.75) is 0 Å². The average molecular weight is 441 g/mol. The van der Waals surface area contributed by atoms with Crippen LogP contribution < -0.4 is 5.32 Å². The second kappa shape index (κ2) is 8.53. The van der Waals surface area contributed by atoms with E-state index in [9.17, 15) is 4.79 Å². The van der Waals surface area contributed by atoms with Gasteiger partial charge in [-0.15, -0.1) is 10.2 Å². The maximum Gasteiger partial charge on any atom is 0.248 e. The van der Waals surface area contributed by atoms with E-state index in [1.807, 2.05) is 72.8 Å². The molecule has 6 nitrogen and oxygen atoms in total. The van der Waals surface area contributed by atoms with Gasteiger partial charge in [-0.05, 0) is 42.5 Å². The number of halogens is 1. The lowest BCUT2D eigenvalue weighted by molar-refractivity contribution is -0.111. The predicted molar refractivity (Wildman–Crippen MR) is 126 cm³/mol. The molecule has 5 rings (SSSR count). The van der Waals surface area contributed by atoms with Crippen LogP contribution in [0, 0.1) is 0 Å². The molecule has 2 heterocycles. The van der Waals surface area contributed by atoms with Crippen molar-refractivity contribution in [2.75, 3.05) is 5.32 Å². The number of carbonyl (C=O) groups is 1. The molecule has 32 heavy (non-hydrogen) atoms. The number of anilines is 1. The molecule has 0 saturated heterocycles. The zero-order chi connectivity index (χ0) is 21.9. The molecule has 0 aliphatic rings. The van der Waals surface area contributed by atoms with Crippen LogP contribution in [0.3, 0.4) is 0 Å². The largest absolute Gasteiger partial charge is 0.457 e. The average Bonchev–Trinajstić information content (AvgIpc) is 3.46. The van der Waals surface area contributed by atoms with Gasteiger partial charge in [0.15, 0.2) is 0 Å². The Balaban J connectivity index is 1.32. The SMILES string of the molecule is O=C(/C=C/c1ccc(-c2ccccc2)o1)Nc1cc2nn(-c3ccccc3)nc2cc1Cl. The van der Waals surface area contributed by atoms with Crippen molar-refractivity contribution in [3.63, 3.8) is 0 Å². The van der Waals surface area contributed by atoms with Crippen LogP contribution >= 0.6 is 11.6 Å². The highest BCUT2D eigenvalue weighted by Gasteiger charge is 2.11. The van der Waals surface area contributed by atoms with Crippen LogP contribution in [-0.2, 0) is 4.79 Å². The Morgan fingerprint density at radius 3 is 2.34 bits per heavy atom. The highest BCUT2D eigenvalue weighted by Crippen LogP contribution is 2.27. The minimum absolute atomic E-state index is 0.334. The Hall–Kier alpha value is -4.16. The van der Waals surface area contributed by atoms with Gasteiger partial charge in [0.05, 0.1) is 16.4 Å². The number of carbonyl (C=O) groups excluding carboxylic acids is 1. The van der Waals surface area contributed by atoms with E-state index in [-0.39, 0.29) is 5.91 Å². The van der Waals surface area contributed by atoms with Crippen LogP contribution in [0.25, 0.3) is 34.1 Å². The number of aromatic nitrogens is 3. The molecule has 0 aliphatic carbocycles. The Morgan fingerprint density at radius 1 is 0.906 bits per heavy atom. The lowest BCUT2D eigenvalue weighted by Gasteiger charge is -2.04. The number of nitrogens with one attached hydrogen (secondary N) is 1. The van der Waals surface area contributed by atoms with Gasteiger partial charge >= 0.3 is 0 Å². The van der Waals surface area contributed by atoms with Crippen molar-refractivity contribution >= 4 is 40.3 Å². The van der Waals surface area contributed by atoms with Crippen LogP contribution in [0.2, 0.25) is 5.02 Å². The number of fused-ring (bicyclic) bond motifs is 1. The summed E-state index contributed by atoms with van der Waals surface area (Å²) in [5.74, 6) is 0.978. The molecular weight excluding hydrogens is 424 g/mol. The maximum absolute atomic E-state index is 12.4. The normalized spacial score (nSPS) is 11.3. The number of para-hydroxylation sites is 1. The molecule has 3 aromatic carbocycles. The van der Waals surface area contributed by atoms with Gasteiger partial charge in [-0.25, -0.2) is 0 Å². The summed E-state index contributed by atoms with van der Waals surface area (Å²) in [6.45, 7) is 0. The van der Waals surface area contributed by atoms with Crippen molar-refractivity contribution in [1.82, 2.24) is 15.0 Å². The summed E-state index contributed by atoms with van der Waals surface area (Å²) in [6, 6.07) is 26.4.